The van der Waals surface area contributed by atoms with E-state index in [-0.39, 0.29) is 13.2 Å². The molecule has 5 rings (SSSR count). The van der Waals surface area contributed by atoms with Gasteiger partial charge in [-0.25, -0.2) is 0 Å². The summed E-state index contributed by atoms with van der Waals surface area (Å²) in [6.45, 7) is 4.42. The lowest BCUT2D eigenvalue weighted by molar-refractivity contribution is -0.248. The maximum Gasteiger partial charge on any atom is 0.187 e. The van der Waals surface area contributed by atoms with Gasteiger partial charge in [-0.15, -0.1) is 0 Å². The largest absolute Gasteiger partial charge is 0.382 e. The number of rotatable bonds is 25. The van der Waals surface area contributed by atoms with Crippen molar-refractivity contribution in [2.75, 3.05) is 41.2 Å². The monoisotopic (exact) mass is 736 g/mol. The van der Waals surface area contributed by atoms with Crippen molar-refractivity contribution in [2.24, 2.45) is 0 Å². The molecule has 0 unspecified atom stereocenters. The van der Waals surface area contributed by atoms with Crippen molar-refractivity contribution in [2.45, 2.75) is 121 Å². The first kappa shape index (κ1) is 41.4. The molecule has 3 aromatic rings. The molecule has 2 fully saturated rings. The van der Waals surface area contributed by atoms with Crippen molar-refractivity contribution in [3.8, 4) is 0 Å². The Morgan fingerprint density at radius 1 is 0.566 bits per heavy atom. The molecule has 292 valence electrons. The van der Waals surface area contributed by atoms with Crippen LogP contribution in [0.1, 0.15) is 62.1 Å². The lowest BCUT2D eigenvalue weighted by Gasteiger charge is -2.31. The fourth-order valence-electron chi connectivity index (χ4n) is 6.94. The number of benzene rings is 3. The van der Waals surface area contributed by atoms with E-state index < -0.39 is 55.3 Å². The maximum absolute atomic E-state index is 6.84. The van der Waals surface area contributed by atoms with E-state index >= 15 is 0 Å². The molecule has 0 aliphatic carbocycles. The lowest BCUT2D eigenvalue weighted by atomic mass is 10.1. The van der Waals surface area contributed by atoms with Gasteiger partial charge in [-0.1, -0.05) is 130 Å². The van der Waals surface area contributed by atoms with E-state index in [4.69, 9.17) is 47.4 Å². The zero-order chi connectivity index (χ0) is 37.1. The molecule has 53 heavy (non-hydrogen) atoms. The highest BCUT2D eigenvalue weighted by atomic mass is 16.8. The average Bonchev–Trinajstić information content (AvgIpc) is 3.72. The second kappa shape index (κ2) is 23.2. The van der Waals surface area contributed by atoms with Gasteiger partial charge in [0.15, 0.2) is 12.6 Å². The minimum Gasteiger partial charge on any atom is -0.382 e. The van der Waals surface area contributed by atoms with Gasteiger partial charge in [0.1, 0.15) is 42.7 Å². The van der Waals surface area contributed by atoms with Crippen LogP contribution in [-0.4, -0.2) is 96.5 Å². The minimum atomic E-state index is -0.838. The summed E-state index contributed by atoms with van der Waals surface area (Å²) in [7, 11) is 4.94. The summed E-state index contributed by atoms with van der Waals surface area (Å²) in [6.07, 6.45) is 1.83. The van der Waals surface area contributed by atoms with Crippen LogP contribution < -0.4 is 0 Å². The van der Waals surface area contributed by atoms with Gasteiger partial charge in [-0.2, -0.15) is 0 Å². The Hall–Kier alpha value is -2.74. The van der Waals surface area contributed by atoms with Crippen LogP contribution in [0.5, 0.6) is 0 Å². The van der Waals surface area contributed by atoms with Gasteiger partial charge in [0.2, 0.25) is 0 Å². The molecule has 2 saturated heterocycles. The first-order chi connectivity index (χ1) is 26.1. The molecule has 0 aromatic heterocycles. The van der Waals surface area contributed by atoms with E-state index in [2.05, 4.69) is 6.92 Å². The van der Waals surface area contributed by atoms with Crippen molar-refractivity contribution >= 4 is 0 Å². The van der Waals surface area contributed by atoms with Crippen molar-refractivity contribution in [1.29, 1.82) is 0 Å². The van der Waals surface area contributed by atoms with Crippen LogP contribution in [0.25, 0.3) is 0 Å². The minimum absolute atomic E-state index is 0.209. The first-order valence-corrected chi connectivity index (χ1v) is 19.2. The normalized spacial score (nSPS) is 26.3. The average molecular weight is 737 g/mol. The van der Waals surface area contributed by atoms with Crippen LogP contribution >= 0.6 is 0 Å². The highest BCUT2D eigenvalue weighted by Crippen LogP contribution is 2.35. The second-order valence-corrected chi connectivity index (χ2v) is 13.7. The molecule has 9 atom stereocenters. The predicted molar refractivity (Wildman–Crippen MR) is 201 cm³/mol. The van der Waals surface area contributed by atoms with E-state index in [1.165, 1.54) is 25.7 Å². The predicted octanol–water partition coefficient (Wildman–Crippen LogP) is 7.26. The summed E-state index contributed by atoms with van der Waals surface area (Å²) < 4.78 is 63.5. The van der Waals surface area contributed by atoms with Crippen molar-refractivity contribution in [1.82, 2.24) is 0 Å². The van der Waals surface area contributed by atoms with Crippen LogP contribution in [0, 0.1) is 0 Å². The Bertz CT molecular complexity index is 1370. The zero-order valence-electron chi connectivity index (χ0n) is 31.9. The first-order valence-electron chi connectivity index (χ1n) is 19.2. The highest BCUT2D eigenvalue weighted by molar-refractivity contribution is 5.15. The number of ether oxygens (including phenoxy) is 10. The van der Waals surface area contributed by atoms with Crippen LogP contribution in [0.3, 0.4) is 0 Å². The Morgan fingerprint density at radius 3 is 1.72 bits per heavy atom. The van der Waals surface area contributed by atoms with E-state index in [0.717, 1.165) is 29.5 Å². The standard InChI is InChI=1S/C43H60O10/c1-5-6-7-8-9-19-26-48-42-40(46-4)39(45-3)38(53-42)35(30-44-2)51-43-41(50-29-34-24-17-12-18-25-34)37(49-28-33-22-15-11-16-23-33)36(52-43)31-47-27-32-20-13-10-14-21-32/h10-18,20-25,35-43H,5-9,19,26-31H2,1-4H3/t35-,36+,37+,38-,39-,40+,41+,42+,43+/m0/s1. The third kappa shape index (κ3) is 12.7. The van der Waals surface area contributed by atoms with Crippen LogP contribution in [0.2, 0.25) is 0 Å². The summed E-state index contributed by atoms with van der Waals surface area (Å²) >= 11 is 0. The van der Waals surface area contributed by atoms with Crippen molar-refractivity contribution < 1.29 is 47.4 Å². The van der Waals surface area contributed by atoms with Gasteiger partial charge < -0.3 is 47.4 Å². The smallest absolute Gasteiger partial charge is 0.187 e. The van der Waals surface area contributed by atoms with E-state index in [1.54, 1.807) is 21.3 Å². The summed E-state index contributed by atoms with van der Waals surface area (Å²) in [5.74, 6) is 0. The lowest BCUT2D eigenvalue weighted by Crippen LogP contribution is -2.48. The molecule has 2 aliphatic heterocycles. The van der Waals surface area contributed by atoms with Crippen molar-refractivity contribution in [3.63, 3.8) is 0 Å². The molecule has 0 N–H and O–H groups in total. The van der Waals surface area contributed by atoms with E-state index in [1.807, 2.05) is 91.0 Å². The quantitative estimate of drug-likeness (QED) is 0.0828. The molecular formula is C43H60O10. The molecule has 0 bridgehead atoms. The molecular weight excluding hydrogens is 676 g/mol. The highest BCUT2D eigenvalue weighted by Gasteiger charge is 2.53. The van der Waals surface area contributed by atoms with Gasteiger partial charge in [-0.05, 0) is 23.1 Å². The Labute approximate surface area is 316 Å². The molecule has 0 saturated carbocycles. The summed E-state index contributed by atoms with van der Waals surface area (Å²) in [6, 6.07) is 30.2. The topological polar surface area (TPSA) is 92.3 Å². The van der Waals surface area contributed by atoms with Crippen molar-refractivity contribution in [3.05, 3.63) is 108 Å². The fraction of sp³-hybridized carbons (Fsp3) is 0.581. The number of methoxy groups -OCH3 is 3. The van der Waals surface area contributed by atoms with Gasteiger partial charge >= 0.3 is 0 Å². The molecule has 0 amide bonds. The summed E-state index contributed by atoms with van der Waals surface area (Å²) in [5, 5.41) is 0. The Morgan fingerprint density at radius 2 is 1.13 bits per heavy atom. The molecule has 0 spiro atoms. The fourth-order valence-corrected chi connectivity index (χ4v) is 6.94. The number of hydrogen-bond acceptors (Lipinski definition) is 10. The second-order valence-electron chi connectivity index (χ2n) is 13.7. The molecule has 2 aliphatic rings. The molecule has 10 heteroatoms. The van der Waals surface area contributed by atoms with Gasteiger partial charge in [0.05, 0.1) is 33.0 Å². The van der Waals surface area contributed by atoms with Gasteiger partial charge in [0, 0.05) is 27.9 Å². The Kier molecular flexibility index (Phi) is 18.2. The number of hydrogen-bond donors (Lipinski definition) is 0. The molecule has 3 aromatic carbocycles. The molecule has 2 heterocycles. The van der Waals surface area contributed by atoms with Gasteiger partial charge in [0.25, 0.3) is 0 Å². The third-order valence-electron chi connectivity index (χ3n) is 9.77. The zero-order valence-corrected chi connectivity index (χ0v) is 31.9. The van der Waals surface area contributed by atoms with Gasteiger partial charge in [-0.3, -0.25) is 0 Å². The van der Waals surface area contributed by atoms with Crippen LogP contribution in [-0.2, 0) is 67.2 Å². The SMILES string of the molecule is CCCCCCCCO[C@@H]1O[C@@H]([C@H](COC)O[C@@H]2O[C@H](COCc3ccccc3)[C@@H](OCc3ccccc3)[C@H]2OCc2ccccc2)[C@H](OC)[C@H]1OC. The van der Waals surface area contributed by atoms with Crippen LogP contribution in [0.15, 0.2) is 91.0 Å². The number of unbranched alkanes of at least 4 members (excludes halogenated alkanes) is 5. The van der Waals surface area contributed by atoms with E-state index in [0.29, 0.717) is 26.4 Å². The molecule has 10 nitrogen and oxygen atoms in total. The summed E-state index contributed by atoms with van der Waals surface area (Å²) in [5.41, 5.74) is 3.14. The van der Waals surface area contributed by atoms with Crippen LogP contribution in [0.4, 0.5) is 0 Å². The molecule has 0 radical (unpaired) electrons. The summed E-state index contributed by atoms with van der Waals surface area (Å²) in [4.78, 5) is 0. The van der Waals surface area contributed by atoms with E-state index in [9.17, 15) is 0 Å². The third-order valence-corrected chi connectivity index (χ3v) is 9.77. The Balaban J connectivity index is 1.33. The maximum atomic E-state index is 6.84.